The number of aromatic nitrogens is 2. The highest BCUT2D eigenvalue weighted by Crippen LogP contribution is 2.44. The molecule has 2 aliphatic rings. The van der Waals surface area contributed by atoms with Crippen molar-refractivity contribution in [1.82, 2.24) is 19.8 Å². The Morgan fingerprint density at radius 1 is 1.21 bits per heavy atom. The highest BCUT2D eigenvalue weighted by molar-refractivity contribution is 9.10. The maximum atomic E-state index is 13.6. The molecule has 0 bridgehead atoms. The number of fused-ring (bicyclic) bond motifs is 1. The Morgan fingerprint density at radius 3 is 2.38 bits per heavy atom. The topological polar surface area (TPSA) is 76.5 Å². The molecular weight excluding hydrogens is 520 g/mol. The van der Waals surface area contributed by atoms with E-state index in [9.17, 15) is 9.59 Å². The lowest BCUT2D eigenvalue weighted by molar-refractivity contribution is 0.0448. The van der Waals surface area contributed by atoms with Gasteiger partial charge in [0.2, 0.25) is 0 Å². The van der Waals surface area contributed by atoms with Crippen LogP contribution < -0.4 is 5.32 Å². The van der Waals surface area contributed by atoms with Crippen molar-refractivity contribution in [1.29, 1.82) is 0 Å². The van der Waals surface area contributed by atoms with E-state index in [4.69, 9.17) is 16.3 Å². The van der Waals surface area contributed by atoms with Crippen molar-refractivity contribution in [2.24, 2.45) is 0 Å². The molecule has 1 atom stereocenters. The van der Waals surface area contributed by atoms with E-state index in [0.717, 1.165) is 42.6 Å². The Balaban J connectivity index is 1.59. The summed E-state index contributed by atoms with van der Waals surface area (Å²) in [5, 5.41) is 3.62. The van der Waals surface area contributed by atoms with Gasteiger partial charge in [0.25, 0.3) is 5.91 Å². The van der Waals surface area contributed by atoms with E-state index in [1.165, 1.54) is 0 Å². The van der Waals surface area contributed by atoms with Gasteiger partial charge in [-0.1, -0.05) is 30.3 Å². The summed E-state index contributed by atoms with van der Waals surface area (Å²) in [5.41, 5.74) is 2.48. The number of carbonyl (C=O) groups is 2. The fourth-order valence-corrected chi connectivity index (χ4v) is 5.66. The molecule has 1 aliphatic carbocycles. The molecular formula is C25H30BrClN4O3. The Morgan fingerprint density at radius 2 is 1.82 bits per heavy atom. The molecule has 0 radical (unpaired) electrons. The van der Waals surface area contributed by atoms with Crippen molar-refractivity contribution in [3.8, 4) is 0 Å². The van der Waals surface area contributed by atoms with Gasteiger partial charge >= 0.3 is 6.09 Å². The number of hydrogen-bond acceptors (Lipinski definition) is 4. The lowest BCUT2D eigenvalue weighted by Gasteiger charge is -2.38. The molecule has 182 valence electrons. The van der Waals surface area contributed by atoms with Crippen LogP contribution in [0.5, 0.6) is 0 Å². The van der Waals surface area contributed by atoms with Crippen LogP contribution in [0, 0.1) is 0 Å². The average molecular weight is 550 g/mol. The summed E-state index contributed by atoms with van der Waals surface area (Å²) in [4.78, 5) is 32.3. The van der Waals surface area contributed by atoms with Crippen molar-refractivity contribution in [3.63, 3.8) is 0 Å². The summed E-state index contributed by atoms with van der Waals surface area (Å²) in [6.45, 7) is 11.5. The molecule has 4 rings (SSSR count). The lowest BCUT2D eigenvalue weighted by atomic mass is 9.89. The van der Waals surface area contributed by atoms with Crippen LogP contribution in [0.3, 0.4) is 0 Å². The molecule has 7 nitrogen and oxygen atoms in total. The van der Waals surface area contributed by atoms with E-state index in [1.807, 2.05) is 61.4 Å². The second kappa shape index (κ2) is 9.38. The Bertz CT molecular complexity index is 1110. The molecule has 1 unspecified atom stereocenters. The third-order valence-electron chi connectivity index (χ3n) is 6.22. The predicted molar refractivity (Wildman–Crippen MR) is 136 cm³/mol. The molecule has 1 aromatic carbocycles. The van der Waals surface area contributed by atoms with Crippen molar-refractivity contribution in [2.75, 3.05) is 0 Å². The van der Waals surface area contributed by atoms with Gasteiger partial charge in [0.05, 0.1) is 5.69 Å². The van der Waals surface area contributed by atoms with Crippen LogP contribution in [0.25, 0.3) is 5.70 Å². The quantitative estimate of drug-likeness (QED) is 0.495. The number of nitrogens with zero attached hydrogens (tertiary/aromatic N) is 3. The number of allylic oxidation sites excluding steroid dienone is 1. The fourth-order valence-electron chi connectivity index (χ4n) is 4.86. The number of benzene rings is 1. The second-order valence-electron chi connectivity index (χ2n) is 10.0. The lowest BCUT2D eigenvalue weighted by Crippen LogP contribution is -2.46. The van der Waals surface area contributed by atoms with Gasteiger partial charge in [0, 0.05) is 22.8 Å². The number of nitrogens with one attached hydrogen (secondary N) is 1. The Kier molecular flexibility index (Phi) is 6.84. The summed E-state index contributed by atoms with van der Waals surface area (Å²) >= 11 is 9.65. The zero-order valence-corrected chi connectivity index (χ0v) is 22.2. The normalized spacial score (nSPS) is 22.5. The number of alkyl carbamates (subject to hydrolysis) is 1. The van der Waals surface area contributed by atoms with E-state index in [2.05, 4.69) is 32.8 Å². The average Bonchev–Trinajstić information content (AvgIpc) is 3.21. The third-order valence-corrected chi connectivity index (χ3v) is 7.01. The SMILES string of the molecule is C=C(C)n1c(Br)nc2c1C(c1ccc(Cl)cc1)N(C1CCC(NC(=O)OC(C)(C)C)CC1)C2=O. The standard InChI is InChI=1S/C25H30BrClN4O3/c1-14(2)30-21-19(29-23(30)26)22(32)31(20(21)15-6-8-16(27)9-7-15)18-12-10-17(11-13-18)28-24(33)34-25(3,4)5/h6-9,17-18,20H,1,10-13H2,2-5H3,(H,28,33). The first-order chi connectivity index (χ1) is 16.0. The van der Waals surface area contributed by atoms with Gasteiger partial charge in [-0.15, -0.1) is 0 Å². The van der Waals surface area contributed by atoms with E-state index >= 15 is 0 Å². The number of carbonyl (C=O) groups excluding carboxylic acids is 2. The van der Waals surface area contributed by atoms with E-state index in [0.29, 0.717) is 15.5 Å². The first-order valence-electron chi connectivity index (χ1n) is 11.5. The van der Waals surface area contributed by atoms with Crippen molar-refractivity contribution >= 4 is 45.2 Å². The highest BCUT2D eigenvalue weighted by Gasteiger charge is 2.46. The third kappa shape index (κ3) is 4.89. The molecule has 1 saturated carbocycles. The molecule has 34 heavy (non-hydrogen) atoms. The monoisotopic (exact) mass is 548 g/mol. The van der Waals surface area contributed by atoms with Gasteiger partial charge in [-0.2, -0.15) is 0 Å². The van der Waals surface area contributed by atoms with Gasteiger partial charge in [-0.05, 0) is 87.0 Å². The molecule has 0 spiro atoms. The van der Waals surface area contributed by atoms with Crippen LogP contribution in [-0.4, -0.2) is 44.1 Å². The zero-order chi connectivity index (χ0) is 24.8. The summed E-state index contributed by atoms with van der Waals surface area (Å²) in [6, 6.07) is 7.36. The summed E-state index contributed by atoms with van der Waals surface area (Å²) in [7, 11) is 0. The minimum Gasteiger partial charge on any atom is -0.444 e. The van der Waals surface area contributed by atoms with Crippen LogP contribution >= 0.6 is 27.5 Å². The number of halogens is 2. The number of rotatable bonds is 4. The van der Waals surface area contributed by atoms with Crippen LogP contribution in [0.1, 0.15) is 81.2 Å². The molecule has 9 heteroatoms. The summed E-state index contributed by atoms with van der Waals surface area (Å²) in [6.07, 6.45) is 2.68. The fraction of sp³-hybridized carbons (Fsp3) is 0.480. The summed E-state index contributed by atoms with van der Waals surface area (Å²) < 4.78 is 7.87. The largest absolute Gasteiger partial charge is 0.444 e. The van der Waals surface area contributed by atoms with Crippen LogP contribution in [0.2, 0.25) is 5.02 Å². The molecule has 2 heterocycles. The van der Waals surface area contributed by atoms with Crippen molar-refractivity contribution in [3.05, 3.63) is 57.6 Å². The minimum absolute atomic E-state index is 0.0245. The molecule has 1 aromatic heterocycles. The second-order valence-corrected chi connectivity index (χ2v) is 11.1. The molecule has 1 fully saturated rings. The number of amides is 2. The number of imidazole rings is 1. The van der Waals surface area contributed by atoms with Gasteiger partial charge in [0.1, 0.15) is 11.6 Å². The molecule has 1 aliphatic heterocycles. The molecule has 1 N–H and O–H groups in total. The van der Waals surface area contributed by atoms with Crippen LogP contribution in [-0.2, 0) is 4.74 Å². The molecule has 2 aromatic rings. The first kappa shape index (κ1) is 24.8. The Hall–Kier alpha value is -2.32. The van der Waals surface area contributed by atoms with Crippen LogP contribution in [0.4, 0.5) is 4.79 Å². The molecule has 0 saturated heterocycles. The smallest absolute Gasteiger partial charge is 0.407 e. The van der Waals surface area contributed by atoms with Crippen LogP contribution in [0.15, 0.2) is 35.6 Å². The minimum atomic E-state index is -0.536. The van der Waals surface area contributed by atoms with E-state index in [-0.39, 0.29) is 24.0 Å². The highest BCUT2D eigenvalue weighted by atomic mass is 79.9. The zero-order valence-electron chi connectivity index (χ0n) is 19.9. The predicted octanol–water partition coefficient (Wildman–Crippen LogP) is 6.17. The maximum absolute atomic E-state index is 13.6. The Labute approximate surface area is 213 Å². The van der Waals surface area contributed by atoms with E-state index < -0.39 is 11.7 Å². The van der Waals surface area contributed by atoms with E-state index in [1.54, 1.807) is 0 Å². The maximum Gasteiger partial charge on any atom is 0.407 e. The van der Waals surface area contributed by atoms with Crippen molar-refractivity contribution < 1.29 is 14.3 Å². The molecule has 2 amide bonds. The number of ether oxygens (including phenoxy) is 1. The van der Waals surface area contributed by atoms with Gasteiger partial charge in [0.15, 0.2) is 10.4 Å². The van der Waals surface area contributed by atoms with Gasteiger partial charge in [-0.25, -0.2) is 9.78 Å². The van der Waals surface area contributed by atoms with Gasteiger partial charge < -0.3 is 15.0 Å². The first-order valence-corrected chi connectivity index (χ1v) is 12.6. The van der Waals surface area contributed by atoms with Crippen molar-refractivity contribution in [2.45, 2.75) is 77.1 Å². The summed E-state index contributed by atoms with van der Waals surface area (Å²) in [5.74, 6) is -0.0841. The number of hydrogen-bond donors (Lipinski definition) is 1. The van der Waals surface area contributed by atoms with Gasteiger partial charge in [-0.3, -0.25) is 9.36 Å².